The zero-order chi connectivity index (χ0) is 20.6. The highest BCUT2D eigenvalue weighted by Crippen LogP contribution is 2.75. The van der Waals surface area contributed by atoms with Crippen LogP contribution in [0.2, 0.25) is 0 Å². The molecule has 8 unspecified atom stereocenters. The van der Waals surface area contributed by atoms with Crippen LogP contribution in [0.5, 0.6) is 0 Å². The van der Waals surface area contributed by atoms with E-state index in [0.29, 0.717) is 27.4 Å². The van der Waals surface area contributed by atoms with E-state index in [1.165, 1.54) is 57.8 Å². The maximum Gasteiger partial charge on any atom is 0.136 e. The third kappa shape index (κ3) is 2.59. The first-order chi connectivity index (χ1) is 12.9. The van der Waals surface area contributed by atoms with Gasteiger partial charge in [-0.25, -0.2) is 0 Å². The largest absolute Gasteiger partial charge is 0.299 e. The Balaban J connectivity index is 1.69. The lowest BCUT2D eigenvalue weighted by molar-refractivity contribution is -0.225. The van der Waals surface area contributed by atoms with Crippen LogP contribution in [-0.4, -0.2) is 5.78 Å². The number of hydrogen-bond donors (Lipinski definition) is 0. The topological polar surface area (TPSA) is 17.1 Å². The maximum absolute atomic E-state index is 12.6. The van der Waals surface area contributed by atoms with Crippen LogP contribution in [-0.2, 0) is 4.79 Å². The van der Waals surface area contributed by atoms with Gasteiger partial charge in [0.05, 0.1) is 0 Å². The van der Waals surface area contributed by atoms with E-state index in [1.807, 2.05) is 0 Å². The molecular weight excluding hydrogens is 340 g/mol. The summed E-state index contributed by atoms with van der Waals surface area (Å²) in [6, 6.07) is 0. The van der Waals surface area contributed by atoms with Crippen molar-refractivity contribution in [1.82, 2.24) is 0 Å². The predicted molar refractivity (Wildman–Crippen MR) is 118 cm³/mol. The molecule has 160 valence electrons. The minimum atomic E-state index is 0.246. The second kappa shape index (κ2) is 6.34. The molecule has 4 aliphatic carbocycles. The van der Waals surface area contributed by atoms with Crippen molar-refractivity contribution in [2.45, 2.75) is 119 Å². The summed E-state index contributed by atoms with van der Waals surface area (Å²) in [4.78, 5) is 12.6. The molecular formula is C27H46O. The van der Waals surface area contributed by atoms with Gasteiger partial charge in [0, 0.05) is 12.3 Å². The van der Waals surface area contributed by atoms with Crippen LogP contribution >= 0.6 is 0 Å². The third-order valence-corrected chi connectivity index (χ3v) is 11.8. The average molecular weight is 387 g/mol. The van der Waals surface area contributed by atoms with E-state index in [1.54, 1.807) is 0 Å². The molecule has 4 saturated carbocycles. The summed E-state index contributed by atoms with van der Waals surface area (Å²) in [5.41, 5.74) is 2.24. The molecule has 0 amide bonds. The van der Waals surface area contributed by atoms with E-state index >= 15 is 0 Å². The molecule has 0 aromatic carbocycles. The first kappa shape index (κ1) is 20.9. The molecule has 0 saturated heterocycles. The third-order valence-electron chi connectivity index (χ3n) is 11.8. The van der Waals surface area contributed by atoms with E-state index in [9.17, 15) is 4.79 Å². The van der Waals surface area contributed by atoms with Gasteiger partial charge in [-0.1, -0.05) is 54.9 Å². The summed E-state index contributed by atoms with van der Waals surface area (Å²) in [6.07, 6.45) is 14.5. The molecule has 1 heteroatoms. The number of fused-ring (bicyclic) bond motifs is 5. The molecule has 0 aliphatic heterocycles. The SMILES string of the molecule is CCCC1(C)CCC2(C)C3CCC4(C)C(C)C(=O)CCC4C3(C)CCC2(C)C1. The first-order valence-electron chi connectivity index (χ1n) is 12.5. The standard InChI is InChI=1S/C27H46O/c1-8-12-23(3)14-17-27(7)22-11-13-25(5)19(2)20(28)9-10-21(25)26(22,6)16-15-24(27,4)18-23/h19,21-22H,8-18H2,1-7H3. The van der Waals surface area contributed by atoms with Crippen molar-refractivity contribution in [2.24, 2.45) is 44.8 Å². The minimum Gasteiger partial charge on any atom is -0.299 e. The molecule has 0 spiro atoms. The second-order valence-corrected chi connectivity index (χ2v) is 13.1. The molecule has 4 fully saturated rings. The fourth-order valence-corrected chi connectivity index (χ4v) is 9.83. The summed E-state index contributed by atoms with van der Waals surface area (Å²) < 4.78 is 0. The normalized spacial score (nSPS) is 56.5. The van der Waals surface area contributed by atoms with Gasteiger partial charge in [-0.3, -0.25) is 4.79 Å². The summed E-state index contributed by atoms with van der Waals surface area (Å²) in [7, 11) is 0. The molecule has 28 heavy (non-hydrogen) atoms. The summed E-state index contributed by atoms with van der Waals surface area (Å²) >= 11 is 0. The van der Waals surface area contributed by atoms with Gasteiger partial charge in [-0.05, 0) is 96.7 Å². The zero-order valence-corrected chi connectivity index (χ0v) is 19.9. The number of hydrogen-bond acceptors (Lipinski definition) is 1. The van der Waals surface area contributed by atoms with Gasteiger partial charge in [0.15, 0.2) is 0 Å². The van der Waals surface area contributed by atoms with E-state index in [-0.39, 0.29) is 11.3 Å². The van der Waals surface area contributed by atoms with Crippen LogP contribution in [0.15, 0.2) is 0 Å². The Bertz CT molecular complexity index is 653. The van der Waals surface area contributed by atoms with Crippen LogP contribution in [0.4, 0.5) is 0 Å². The predicted octanol–water partition coefficient (Wildman–Crippen LogP) is 7.82. The Morgan fingerprint density at radius 3 is 2.25 bits per heavy atom. The second-order valence-electron chi connectivity index (χ2n) is 13.1. The summed E-state index contributed by atoms with van der Waals surface area (Å²) in [6.45, 7) is 17.7. The highest BCUT2D eigenvalue weighted by molar-refractivity contribution is 5.82. The Labute approximate surface area is 174 Å². The van der Waals surface area contributed by atoms with Gasteiger partial charge in [-0.2, -0.15) is 0 Å². The van der Waals surface area contributed by atoms with Crippen LogP contribution in [0.3, 0.4) is 0 Å². The van der Waals surface area contributed by atoms with Crippen molar-refractivity contribution in [3.63, 3.8) is 0 Å². The lowest BCUT2D eigenvalue weighted by Crippen LogP contribution is -2.64. The van der Waals surface area contributed by atoms with Crippen molar-refractivity contribution in [3.05, 3.63) is 0 Å². The smallest absolute Gasteiger partial charge is 0.136 e. The molecule has 0 radical (unpaired) electrons. The number of carbonyl (C=O) groups excluding carboxylic acids is 1. The Hall–Kier alpha value is -0.330. The van der Waals surface area contributed by atoms with E-state index < -0.39 is 0 Å². The molecule has 1 nitrogen and oxygen atoms in total. The van der Waals surface area contributed by atoms with Crippen LogP contribution < -0.4 is 0 Å². The number of ketones is 1. The molecule has 0 aromatic rings. The van der Waals surface area contributed by atoms with Gasteiger partial charge >= 0.3 is 0 Å². The van der Waals surface area contributed by atoms with Crippen molar-refractivity contribution < 1.29 is 4.79 Å². The fourth-order valence-electron chi connectivity index (χ4n) is 9.83. The molecule has 8 atom stereocenters. The highest BCUT2D eigenvalue weighted by atomic mass is 16.1. The molecule has 0 aromatic heterocycles. The average Bonchev–Trinajstić information content (AvgIpc) is 2.61. The highest BCUT2D eigenvalue weighted by Gasteiger charge is 2.67. The Morgan fingerprint density at radius 1 is 0.857 bits per heavy atom. The zero-order valence-electron chi connectivity index (χ0n) is 19.9. The number of rotatable bonds is 2. The van der Waals surface area contributed by atoms with E-state index in [2.05, 4.69) is 48.5 Å². The van der Waals surface area contributed by atoms with E-state index in [0.717, 1.165) is 24.7 Å². The molecule has 0 heterocycles. The monoisotopic (exact) mass is 386 g/mol. The van der Waals surface area contributed by atoms with Gasteiger partial charge in [0.25, 0.3) is 0 Å². The Morgan fingerprint density at radius 2 is 1.57 bits per heavy atom. The molecule has 0 bridgehead atoms. The van der Waals surface area contributed by atoms with Gasteiger partial charge < -0.3 is 0 Å². The first-order valence-corrected chi connectivity index (χ1v) is 12.5. The van der Waals surface area contributed by atoms with E-state index in [4.69, 9.17) is 0 Å². The molecule has 0 N–H and O–H groups in total. The summed E-state index contributed by atoms with van der Waals surface area (Å²) in [5, 5.41) is 0. The van der Waals surface area contributed by atoms with Crippen molar-refractivity contribution in [3.8, 4) is 0 Å². The minimum absolute atomic E-state index is 0.246. The van der Waals surface area contributed by atoms with Crippen LogP contribution in [0.25, 0.3) is 0 Å². The van der Waals surface area contributed by atoms with Crippen LogP contribution in [0.1, 0.15) is 119 Å². The summed E-state index contributed by atoms with van der Waals surface area (Å²) in [5.74, 6) is 2.41. The van der Waals surface area contributed by atoms with Gasteiger partial charge in [0.1, 0.15) is 5.78 Å². The number of carbonyl (C=O) groups is 1. The quantitative estimate of drug-likeness (QED) is 0.472. The van der Waals surface area contributed by atoms with Gasteiger partial charge in [0.2, 0.25) is 0 Å². The van der Waals surface area contributed by atoms with Crippen LogP contribution in [0, 0.1) is 44.8 Å². The Kier molecular flexibility index (Phi) is 4.73. The fraction of sp³-hybridized carbons (Fsp3) is 0.963. The molecule has 4 aliphatic rings. The van der Waals surface area contributed by atoms with Crippen molar-refractivity contribution >= 4 is 5.78 Å². The lowest BCUT2D eigenvalue weighted by Gasteiger charge is -2.72. The lowest BCUT2D eigenvalue weighted by atomic mass is 9.33. The number of Topliss-reactive ketones (excluding diaryl/α,β-unsaturated/α-hetero) is 1. The maximum atomic E-state index is 12.6. The van der Waals surface area contributed by atoms with Gasteiger partial charge in [-0.15, -0.1) is 0 Å². The van der Waals surface area contributed by atoms with Crippen molar-refractivity contribution in [1.29, 1.82) is 0 Å². The van der Waals surface area contributed by atoms with Crippen molar-refractivity contribution in [2.75, 3.05) is 0 Å². The molecule has 4 rings (SSSR count).